The maximum absolute atomic E-state index is 12.4. The molecule has 0 spiro atoms. The summed E-state index contributed by atoms with van der Waals surface area (Å²) >= 11 is 6.18. The van der Waals surface area contributed by atoms with Crippen LogP contribution < -0.4 is 5.32 Å². The monoisotopic (exact) mass is 356 g/mol. The number of nitrogens with zero attached hydrogens (tertiary/aromatic N) is 1. The molecule has 1 N–H and O–H groups in total. The Labute approximate surface area is 152 Å². The number of likely N-dealkylation sites (tertiary alicyclic amines) is 1. The zero-order valence-corrected chi connectivity index (χ0v) is 14.9. The zero-order valence-electron chi connectivity index (χ0n) is 14.2. The fraction of sp³-hybridized carbons (Fsp3) is 0.300. The van der Waals surface area contributed by atoms with Gasteiger partial charge in [0.05, 0.1) is 6.04 Å². The highest BCUT2D eigenvalue weighted by Gasteiger charge is 2.20. The molecule has 5 heteroatoms. The van der Waals surface area contributed by atoms with E-state index < -0.39 is 0 Å². The molecule has 130 valence electrons. The van der Waals surface area contributed by atoms with Crippen molar-refractivity contribution in [3.63, 3.8) is 0 Å². The minimum atomic E-state index is -0.178. The van der Waals surface area contributed by atoms with Gasteiger partial charge in [0, 0.05) is 30.1 Å². The molecule has 1 aliphatic heterocycles. The standard InChI is InChI=1S/C20H21ClN2O2/c1-14(17-5-2-3-6-18(17)21)22-20(25)16-10-8-15(9-11-16)13-23-12-4-7-19(23)24/h2-3,5-6,8-11,14H,4,7,12-13H2,1H3,(H,22,25)/t14-/m1/s1. The molecule has 1 heterocycles. The van der Waals surface area contributed by atoms with Crippen LogP contribution in [-0.4, -0.2) is 23.3 Å². The van der Waals surface area contributed by atoms with Crippen LogP contribution in [0.5, 0.6) is 0 Å². The van der Waals surface area contributed by atoms with Gasteiger partial charge in [0.2, 0.25) is 5.91 Å². The fourth-order valence-electron chi connectivity index (χ4n) is 3.04. The molecule has 4 nitrogen and oxygen atoms in total. The first-order valence-corrected chi connectivity index (χ1v) is 8.84. The van der Waals surface area contributed by atoms with Crippen molar-refractivity contribution in [2.75, 3.05) is 6.54 Å². The molecule has 3 rings (SSSR count). The van der Waals surface area contributed by atoms with Crippen LogP contribution in [-0.2, 0) is 11.3 Å². The Hall–Kier alpha value is -2.33. The normalized spacial score (nSPS) is 15.3. The van der Waals surface area contributed by atoms with Crippen LogP contribution in [0.15, 0.2) is 48.5 Å². The smallest absolute Gasteiger partial charge is 0.251 e. The van der Waals surface area contributed by atoms with E-state index in [0.717, 1.165) is 24.1 Å². The van der Waals surface area contributed by atoms with Gasteiger partial charge in [-0.05, 0) is 42.7 Å². The third-order valence-electron chi connectivity index (χ3n) is 4.48. The zero-order chi connectivity index (χ0) is 17.8. The second kappa shape index (κ2) is 7.70. The second-order valence-electron chi connectivity index (χ2n) is 6.33. The minimum Gasteiger partial charge on any atom is -0.345 e. The van der Waals surface area contributed by atoms with Crippen molar-refractivity contribution < 1.29 is 9.59 Å². The number of carbonyl (C=O) groups excluding carboxylic acids is 2. The molecule has 0 saturated carbocycles. The molecule has 0 aliphatic carbocycles. The third-order valence-corrected chi connectivity index (χ3v) is 4.82. The van der Waals surface area contributed by atoms with E-state index in [0.29, 0.717) is 23.6 Å². The number of nitrogens with one attached hydrogen (secondary N) is 1. The average molecular weight is 357 g/mol. The Morgan fingerprint density at radius 3 is 2.56 bits per heavy atom. The van der Waals surface area contributed by atoms with E-state index in [1.54, 1.807) is 12.1 Å². The molecule has 0 unspecified atom stereocenters. The van der Waals surface area contributed by atoms with E-state index in [4.69, 9.17) is 11.6 Å². The van der Waals surface area contributed by atoms with Crippen LogP contribution in [0.25, 0.3) is 0 Å². The first-order chi connectivity index (χ1) is 12.0. The van der Waals surface area contributed by atoms with Crippen LogP contribution in [0.2, 0.25) is 5.02 Å². The van der Waals surface area contributed by atoms with Crippen molar-refractivity contribution in [2.45, 2.75) is 32.4 Å². The predicted molar refractivity (Wildman–Crippen MR) is 98.4 cm³/mol. The molecule has 2 aromatic rings. The highest BCUT2D eigenvalue weighted by atomic mass is 35.5. The minimum absolute atomic E-state index is 0.142. The Morgan fingerprint density at radius 1 is 1.20 bits per heavy atom. The van der Waals surface area contributed by atoms with Gasteiger partial charge < -0.3 is 10.2 Å². The Morgan fingerprint density at radius 2 is 1.92 bits per heavy atom. The maximum atomic E-state index is 12.4. The van der Waals surface area contributed by atoms with Gasteiger partial charge in [-0.2, -0.15) is 0 Å². The topological polar surface area (TPSA) is 49.4 Å². The van der Waals surface area contributed by atoms with Gasteiger partial charge in [-0.1, -0.05) is 41.9 Å². The van der Waals surface area contributed by atoms with Crippen molar-refractivity contribution in [3.8, 4) is 0 Å². The van der Waals surface area contributed by atoms with Crippen LogP contribution >= 0.6 is 11.6 Å². The fourth-order valence-corrected chi connectivity index (χ4v) is 3.34. The van der Waals surface area contributed by atoms with E-state index in [-0.39, 0.29) is 17.9 Å². The summed E-state index contributed by atoms with van der Waals surface area (Å²) in [5, 5.41) is 3.60. The summed E-state index contributed by atoms with van der Waals surface area (Å²) in [4.78, 5) is 26.0. The van der Waals surface area contributed by atoms with Gasteiger partial charge in [-0.15, -0.1) is 0 Å². The Kier molecular flexibility index (Phi) is 5.39. The summed E-state index contributed by atoms with van der Waals surface area (Å²) in [6.45, 7) is 3.33. The van der Waals surface area contributed by atoms with Crippen molar-refractivity contribution in [1.29, 1.82) is 0 Å². The van der Waals surface area contributed by atoms with Crippen molar-refractivity contribution in [2.24, 2.45) is 0 Å². The highest BCUT2D eigenvalue weighted by molar-refractivity contribution is 6.31. The van der Waals surface area contributed by atoms with Crippen molar-refractivity contribution >= 4 is 23.4 Å². The number of amides is 2. The SMILES string of the molecule is C[C@@H](NC(=O)c1ccc(CN2CCCC2=O)cc1)c1ccccc1Cl. The quantitative estimate of drug-likeness (QED) is 0.881. The van der Waals surface area contributed by atoms with Crippen molar-refractivity contribution in [3.05, 3.63) is 70.2 Å². The second-order valence-corrected chi connectivity index (χ2v) is 6.74. The number of halogens is 1. The molecule has 2 amide bonds. The van der Waals surface area contributed by atoms with Gasteiger partial charge in [0.25, 0.3) is 5.91 Å². The van der Waals surface area contributed by atoms with Crippen LogP contribution in [0.1, 0.15) is 47.3 Å². The lowest BCUT2D eigenvalue weighted by atomic mass is 10.1. The number of rotatable bonds is 5. The Balaban J connectivity index is 1.62. The highest BCUT2D eigenvalue weighted by Crippen LogP contribution is 2.22. The van der Waals surface area contributed by atoms with Gasteiger partial charge >= 0.3 is 0 Å². The Bertz CT molecular complexity index is 774. The lowest BCUT2D eigenvalue weighted by Crippen LogP contribution is -2.27. The number of benzene rings is 2. The van der Waals surface area contributed by atoms with Gasteiger partial charge in [-0.3, -0.25) is 9.59 Å². The first kappa shape index (κ1) is 17.5. The molecule has 25 heavy (non-hydrogen) atoms. The van der Waals surface area contributed by atoms with E-state index in [9.17, 15) is 9.59 Å². The summed E-state index contributed by atoms with van der Waals surface area (Å²) in [6, 6.07) is 14.7. The molecular weight excluding hydrogens is 336 g/mol. The number of hydrogen-bond donors (Lipinski definition) is 1. The molecule has 0 bridgehead atoms. The van der Waals surface area contributed by atoms with E-state index in [2.05, 4.69) is 5.32 Å². The third kappa shape index (κ3) is 4.20. The summed E-state index contributed by atoms with van der Waals surface area (Å²) in [7, 11) is 0. The van der Waals surface area contributed by atoms with Gasteiger partial charge in [0.15, 0.2) is 0 Å². The van der Waals surface area contributed by atoms with Crippen LogP contribution in [0.4, 0.5) is 0 Å². The molecule has 1 atom stereocenters. The number of carbonyl (C=O) groups is 2. The van der Waals surface area contributed by atoms with E-state index in [1.165, 1.54) is 0 Å². The van der Waals surface area contributed by atoms with Crippen molar-refractivity contribution in [1.82, 2.24) is 10.2 Å². The summed E-state index contributed by atoms with van der Waals surface area (Å²) < 4.78 is 0. The van der Waals surface area contributed by atoms with Crippen LogP contribution in [0.3, 0.4) is 0 Å². The molecule has 1 aliphatic rings. The molecule has 1 fully saturated rings. The summed E-state index contributed by atoms with van der Waals surface area (Å²) in [6.07, 6.45) is 1.57. The molecule has 0 radical (unpaired) electrons. The molecular formula is C20H21ClN2O2. The lowest BCUT2D eigenvalue weighted by Gasteiger charge is -2.17. The summed E-state index contributed by atoms with van der Waals surface area (Å²) in [5.41, 5.74) is 2.52. The first-order valence-electron chi connectivity index (χ1n) is 8.46. The van der Waals surface area contributed by atoms with Gasteiger partial charge in [-0.25, -0.2) is 0 Å². The molecule has 2 aromatic carbocycles. The maximum Gasteiger partial charge on any atom is 0.251 e. The van der Waals surface area contributed by atoms with E-state index in [1.807, 2.05) is 48.2 Å². The van der Waals surface area contributed by atoms with Crippen LogP contribution in [0, 0.1) is 0 Å². The molecule has 1 saturated heterocycles. The largest absolute Gasteiger partial charge is 0.345 e. The molecule has 0 aromatic heterocycles. The average Bonchev–Trinajstić information content (AvgIpc) is 3.00. The van der Waals surface area contributed by atoms with Gasteiger partial charge in [0.1, 0.15) is 0 Å². The lowest BCUT2D eigenvalue weighted by molar-refractivity contribution is -0.128. The predicted octanol–water partition coefficient (Wildman–Crippen LogP) is 3.95. The number of hydrogen-bond acceptors (Lipinski definition) is 2. The summed E-state index contributed by atoms with van der Waals surface area (Å²) in [5.74, 6) is 0.0617. The van der Waals surface area contributed by atoms with E-state index >= 15 is 0 Å².